The Morgan fingerprint density at radius 1 is 1.08 bits per heavy atom. The molecule has 0 unspecified atom stereocenters. The van der Waals surface area contributed by atoms with Gasteiger partial charge in [0.25, 0.3) is 5.91 Å². The maximum Gasteiger partial charge on any atom is 0.257 e. The molecule has 4 aromatic rings. The predicted octanol–water partition coefficient (Wildman–Crippen LogP) is 5.76. The number of anilines is 4. The normalized spacial score (nSPS) is 14.0. The molecule has 0 saturated carbocycles. The van der Waals surface area contributed by atoms with Crippen LogP contribution in [0.5, 0.6) is 0 Å². The number of H-pyrrole nitrogens is 1. The van der Waals surface area contributed by atoms with Gasteiger partial charge in [0, 0.05) is 40.4 Å². The first kappa shape index (κ1) is 25.1. The summed E-state index contributed by atoms with van der Waals surface area (Å²) in [7, 11) is 0. The fraction of sp³-hybridized carbons (Fsp3) is 0.231. The second-order valence-corrected chi connectivity index (χ2v) is 10.6. The molecule has 1 amide bonds. The Labute approximate surface area is 223 Å². The molecule has 0 bridgehead atoms. The molecule has 2 aromatic carbocycles. The van der Waals surface area contributed by atoms with Gasteiger partial charge in [-0.05, 0) is 55.1 Å². The van der Waals surface area contributed by atoms with Crippen molar-refractivity contribution in [2.75, 3.05) is 35.7 Å². The third-order valence-corrected chi connectivity index (χ3v) is 6.91. The Balaban J connectivity index is 1.30. The van der Waals surface area contributed by atoms with Gasteiger partial charge >= 0.3 is 0 Å². The molecule has 5 rings (SSSR count). The van der Waals surface area contributed by atoms with Gasteiger partial charge in [0.1, 0.15) is 11.6 Å². The number of benzene rings is 2. The molecule has 4 N–H and O–H groups in total. The lowest BCUT2D eigenvalue weighted by Crippen LogP contribution is -2.45. The van der Waals surface area contributed by atoms with Crippen LogP contribution in [0.1, 0.15) is 23.0 Å². The fourth-order valence-corrected chi connectivity index (χ4v) is 4.64. The topological polar surface area (TPSA) is 117 Å². The molecule has 1 fully saturated rings. The molecule has 11 heteroatoms. The Bertz CT molecular complexity index is 1410. The SMILES string of the molecule is Cc1cc(Nc2cc(NCC3(C)COC3)nc(Sc3ccc(NC(=O)c4ccccc4Cl)cc3)n2)n[nH]1. The maximum atomic E-state index is 12.5. The van der Waals surface area contributed by atoms with Crippen LogP contribution in [-0.4, -0.2) is 45.8 Å². The maximum absolute atomic E-state index is 12.5. The summed E-state index contributed by atoms with van der Waals surface area (Å²) >= 11 is 7.56. The first-order valence-electron chi connectivity index (χ1n) is 11.7. The fourth-order valence-electron chi connectivity index (χ4n) is 3.65. The van der Waals surface area contributed by atoms with Crippen LogP contribution in [0.2, 0.25) is 5.02 Å². The summed E-state index contributed by atoms with van der Waals surface area (Å²) < 4.78 is 5.36. The monoisotopic (exact) mass is 535 g/mol. The summed E-state index contributed by atoms with van der Waals surface area (Å²) in [6.07, 6.45) is 0. The van der Waals surface area contributed by atoms with Crippen molar-refractivity contribution in [1.82, 2.24) is 20.2 Å². The molecule has 190 valence electrons. The Morgan fingerprint density at radius 3 is 2.51 bits per heavy atom. The predicted molar refractivity (Wildman–Crippen MR) is 146 cm³/mol. The third kappa shape index (κ3) is 6.40. The first-order valence-corrected chi connectivity index (χ1v) is 12.9. The van der Waals surface area contributed by atoms with E-state index in [0.717, 1.165) is 30.3 Å². The first-order chi connectivity index (χ1) is 17.8. The average Bonchev–Trinajstić information content (AvgIpc) is 3.27. The van der Waals surface area contributed by atoms with Gasteiger partial charge in [-0.3, -0.25) is 9.89 Å². The lowest BCUT2D eigenvalue weighted by atomic mass is 9.89. The lowest BCUT2D eigenvalue weighted by Gasteiger charge is -2.38. The number of aromatic amines is 1. The van der Waals surface area contributed by atoms with Crippen molar-refractivity contribution in [3.8, 4) is 0 Å². The van der Waals surface area contributed by atoms with Gasteiger partial charge in [0.2, 0.25) is 0 Å². The highest BCUT2D eigenvalue weighted by molar-refractivity contribution is 7.99. The number of nitrogens with zero attached hydrogens (tertiary/aromatic N) is 3. The van der Waals surface area contributed by atoms with Crippen LogP contribution in [0.15, 0.2) is 70.7 Å². The summed E-state index contributed by atoms with van der Waals surface area (Å²) in [6, 6.07) is 18.2. The van der Waals surface area contributed by atoms with E-state index in [1.807, 2.05) is 43.3 Å². The number of amides is 1. The van der Waals surface area contributed by atoms with E-state index < -0.39 is 0 Å². The van der Waals surface area contributed by atoms with Gasteiger partial charge in [-0.2, -0.15) is 5.10 Å². The molecule has 1 saturated heterocycles. The number of halogens is 1. The van der Waals surface area contributed by atoms with Crippen molar-refractivity contribution in [2.45, 2.75) is 23.9 Å². The van der Waals surface area contributed by atoms with Gasteiger partial charge < -0.3 is 20.7 Å². The minimum absolute atomic E-state index is 0.0927. The Hall–Kier alpha value is -3.60. The lowest BCUT2D eigenvalue weighted by molar-refractivity contribution is -0.0924. The number of carbonyl (C=O) groups excluding carboxylic acids is 1. The van der Waals surface area contributed by atoms with Crippen LogP contribution in [-0.2, 0) is 4.74 Å². The van der Waals surface area contributed by atoms with Crippen LogP contribution in [0.4, 0.5) is 23.1 Å². The summed E-state index contributed by atoms with van der Waals surface area (Å²) in [6.45, 7) is 6.31. The van der Waals surface area contributed by atoms with Gasteiger partial charge in [-0.1, -0.05) is 30.7 Å². The minimum atomic E-state index is -0.261. The highest BCUT2D eigenvalue weighted by atomic mass is 35.5. The van der Waals surface area contributed by atoms with E-state index in [1.165, 1.54) is 11.8 Å². The minimum Gasteiger partial charge on any atom is -0.380 e. The zero-order valence-electron chi connectivity index (χ0n) is 20.3. The number of hydrogen-bond donors (Lipinski definition) is 4. The summed E-state index contributed by atoms with van der Waals surface area (Å²) in [4.78, 5) is 22.8. The van der Waals surface area contributed by atoms with Crippen LogP contribution in [0.25, 0.3) is 0 Å². The van der Waals surface area contributed by atoms with Gasteiger partial charge in [-0.15, -0.1) is 0 Å². The zero-order valence-corrected chi connectivity index (χ0v) is 21.9. The van der Waals surface area contributed by atoms with E-state index in [1.54, 1.807) is 24.3 Å². The molecular formula is C26H26ClN7O2S. The van der Waals surface area contributed by atoms with Gasteiger partial charge in [0.15, 0.2) is 11.0 Å². The molecule has 0 spiro atoms. The van der Waals surface area contributed by atoms with Crippen molar-refractivity contribution in [1.29, 1.82) is 0 Å². The average molecular weight is 536 g/mol. The van der Waals surface area contributed by atoms with E-state index in [-0.39, 0.29) is 11.3 Å². The number of rotatable bonds is 9. The van der Waals surface area contributed by atoms with Crippen molar-refractivity contribution in [3.05, 3.63) is 76.9 Å². The van der Waals surface area contributed by atoms with Crippen LogP contribution >= 0.6 is 23.4 Å². The van der Waals surface area contributed by atoms with E-state index in [2.05, 4.69) is 38.1 Å². The summed E-state index contributed by atoms with van der Waals surface area (Å²) in [5.41, 5.74) is 2.13. The van der Waals surface area contributed by atoms with E-state index in [9.17, 15) is 4.79 Å². The number of aromatic nitrogens is 4. The Morgan fingerprint density at radius 2 is 1.84 bits per heavy atom. The van der Waals surface area contributed by atoms with Crippen molar-refractivity contribution in [3.63, 3.8) is 0 Å². The standard InChI is InChI=1S/C26H26ClN7O2S/c1-16-11-23(34-33-16)30-22-12-21(28-13-26(2)14-36-15-26)31-25(32-22)37-18-9-7-17(8-10-18)29-24(35)19-5-3-4-6-20(19)27/h3-12H,13-15H2,1-2H3,(H,29,35)(H3,28,30,31,32,33,34). The Kier molecular flexibility index (Phi) is 7.31. The molecule has 2 aromatic heterocycles. The van der Waals surface area contributed by atoms with Crippen LogP contribution in [0.3, 0.4) is 0 Å². The molecule has 0 radical (unpaired) electrons. The molecular weight excluding hydrogens is 510 g/mol. The number of ether oxygens (including phenoxy) is 1. The summed E-state index contributed by atoms with van der Waals surface area (Å²) in [5, 5.41) is 17.7. The largest absolute Gasteiger partial charge is 0.380 e. The van der Waals surface area contributed by atoms with Crippen LogP contribution < -0.4 is 16.0 Å². The highest BCUT2D eigenvalue weighted by Crippen LogP contribution is 2.31. The molecule has 0 aliphatic carbocycles. The van der Waals surface area contributed by atoms with Gasteiger partial charge in [0.05, 0.1) is 23.8 Å². The third-order valence-electron chi connectivity index (χ3n) is 5.70. The van der Waals surface area contributed by atoms with E-state index in [4.69, 9.17) is 21.3 Å². The summed E-state index contributed by atoms with van der Waals surface area (Å²) in [5.74, 6) is 1.76. The quantitative estimate of drug-likeness (QED) is 0.200. The van der Waals surface area contributed by atoms with Crippen molar-refractivity contribution >= 4 is 52.4 Å². The zero-order chi connectivity index (χ0) is 25.8. The second-order valence-electron chi connectivity index (χ2n) is 9.20. The van der Waals surface area contributed by atoms with Gasteiger partial charge in [-0.25, -0.2) is 9.97 Å². The number of nitrogens with one attached hydrogen (secondary N) is 4. The molecule has 1 aliphatic heterocycles. The van der Waals surface area contributed by atoms with E-state index >= 15 is 0 Å². The molecule has 3 heterocycles. The number of aryl methyl sites for hydroxylation is 1. The van der Waals surface area contributed by atoms with Crippen molar-refractivity contribution < 1.29 is 9.53 Å². The molecule has 1 aliphatic rings. The smallest absolute Gasteiger partial charge is 0.257 e. The molecule has 37 heavy (non-hydrogen) atoms. The van der Waals surface area contributed by atoms with E-state index in [0.29, 0.717) is 38.9 Å². The number of hydrogen-bond acceptors (Lipinski definition) is 8. The molecule has 0 atom stereocenters. The number of carbonyl (C=O) groups is 1. The highest BCUT2D eigenvalue weighted by Gasteiger charge is 2.33. The van der Waals surface area contributed by atoms with Crippen molar-refractivity contribution in [2.24, 2.45) is 5.41 Å². The molecule has 9 nitrogen and oxygen atoms in total. The van der Waals surface area contributed by atoms with Crippen LogP contribution in [0, 0.1) is 12.3 Å². The second kappa shape index (κ2) is 10.8.